The van der Waals surface area contributed by atoms with Gasteiger partial charge in [-0.3, -0.25) is 4.79 Å². The van der Waals surface area contributed by atoms with Crippen LogP contribution < -0.4 is 5.32 Å². The third kappa shape index (κ3) is 7.47. The highest BCUT2D eigenvalue weighted by Gasteiger charge is 2.21. The van der Waals surface area contributed by atoms with Gasteiger partial charge >= 0.3 is 5.97 Å². The van der Waals surface area contributed by atoms with Crippen LogP contribution in [-0.2, 0) is 10.5 Å². The number of aliphatic carboxylic acids is 1. The topological polar surface area (TPSA) is 86.6 Å². The quantitative estimate of drug-likeness (QED) is 0.619. The number of carbonyl (C=O) groups is 2. The Bertz CT molecular complexity index is 844. The lowest BCUT2D eigenvalue weighted by Gasteiger charge is -2.13. The van der Waals surface area contributed by atoms with Gasteiger partial charge in [-0.2, -0.15) is 11.8 Å². The van der Waals surface area contributed by atoms with Gasteiger partial charge in [0.05, 0.1) is 9.75 Å². The average Bonchev–Trinajstić information content (AvgIpc) is 3.08. The van der Waals surface area contributed by atoms with Gasteiger partial charge in [0, 0.05) is 11.5 Å². The summed E-state index contributed by atoms with van der Waals surface area (Å²) in [6.45, 7) is 3.15. The number of rotatable bonds is 7. The molecule has 0 aliphatic rings. The fraction of sp³-hybridized carbons (Fsp3) is 0.300. The fourth-order valence-corrected chi connectivity index (χ4v) is 3.78. The minimum absolute atomic E-state index is 0.271. The predicted molar refractivity (Wildman–Crippen MR) is 109 cm³/mol. The highest BCUT2D eigenvalue weighted by atomic mass is 32.2. The van der Waals surface area contributed by atoms with Crippen molar-refractivity contribution in [3.63, 3.8) is 0 Å². The molecule has 1 amide bonds. The Kier molecular flexibility index (Phi) is 7.48. The van der Waals surface area contributed by atoms with Gasteiger partial charge in [-0.25, -0.2) is 4.79 Å². The van der Waals surface area contributed by atoms with E-state index in [2.05, 4.69) is 17.2 Å². The second-order valence-electron chi connectivity index (χ2n) is 6.34. The van der Waals surface area contributed by atoms with Gasteiger partial charge in [0.1, 0.15) is 11.6 Å². The zero-order chi connectivity index (χ0) is 19.9. The van der Waals surface area contributed by atoms with E-state index < -0.39 is 23.5 Å². The normalized spacial score (nSPS) is 12.0. The molecule has 0 radical (unpaired) electrons. The van der Waals surface area contributed by atoms with Crippen molar-refractivity contribution in [2.45, 2.75) is 31.2 Å². The summed E-state index contributed by atoms with van der Waals surface area (Å²) in [5.41, 5.74) is -0.0113. The number of nitrogens with one attached hydrogen (secondary N) is 1. The molecule has 0 aliphatic heterocycles. The first-order chi connectivity index (χ1) is 12.7. The van der Waals surface area contributed by atoms with Crippen molar-refractivity contribution in [3.05, 3.63) is 57.8 Å². The number of carboxylic acids is 1. The largest absolute Gasteiger partial charge is 0.480 e. The molecular formula is C20H21NO4S2. The van der Waals surface area contributed by atoms with Gasteiger partial charge in [-0.1, -0.05) is 42.2 Å². The van der Waals surface area contributed by atoms with Crippen LogP contribution in [0.3, 0.4) is 0 Å². The molecule has 0 fully saturated rings. The second kappa shape index (κ2) is 9.60. The van der Waals surface area contributed by atoms with E-state index >= 15 is 0 Å². The smallest absolute Gasteiger partial charge is 0.327 e. The van der Waals surface area contributed by atoms with Crippen molar-refractivity contribution in [3.8, 4) is 11.8 Å². The van der Waals surface area contributed by atoms with Crippen molar-refractivity contribution in [1.29, 1.82) is 0 Å². The van der Waals surface area contributed by atoms with Crippen molar-refractivity contribution in [2.24, 2.45) is 0 Å². The van der Waals surface area contributed by atoms with E-state index in [1.807, 2.05) is 30.3 Å². The molecule has 7 heteroatoms. The van der Waals surface area contributed by atoms with E-state index in [4.69, 9.17) is 0 Å². The molecule has 0 saturated heterocycles. The Balaban J connectivity index is 1.93. The molecule has 1 aromatic carbocycles. The molecule has 5 nitrogen and oxygen atoms in total. The van der Waals surface area contributed by atoms with Crippen LogP contribution in [0.25, 0.3) is 0 Å². The minimum atomic E-state index is -1.11. The summed E-state index contributed by atoms with van der Waals surface area (Å²) in [6.07, 6.45) is 0. The van der Waals surface area contributed by atoms with Crippen LogP contribution >= 0.6 is 23.1 Å². The summed E-state index contributed by atoms with van der Waals surface area (Å²) in [5.74, 6) is 4.93. The highest BCUT2D eigenvalue weighted by molar-refractivity contribution is 7.98. The number of hydrogen-bond donors (Lipinski definition) is 3. The molecule has 27 heavy (non-hydrogen) atoms. The maximum Gasteiger partial charge on any atom is 0.327 e. The zero-order valence-electron chi connectivity index (χ0n) is 15.1. The number of benzene rings is 1. The molecule has 1 aromatic heterocycles. The lowest BCUT2D eigenvalue weighted by atomic mass is 10.1. The first kappa shape index (κ1) is 21.0. The number of thiophene rings is 1. The molecule has 0 bridgehead atoms. The monoisotopic (exact) mass is 403 g/mol. The Hall–Kier alpha value is -2.27. The summed E-state index contributed by atoms with van der Waals surface area (Å²) in [6, 6.07) is 12.0. The Morgan fingerprint density at radius 1 is 1.22 bits per heavy atom. The van der Waals surface area contributed by atoms with Crippen molar-refractivity contribution in [2.75, 3.05) is 5.75 Å². The maximum absolute atomic E-state index is 12.3. The van der Waals surface area contributed by atoms with E-state index in [-0.39, 0.29) is 5.75 Å². The Morgan fingerprint density at radius 2 is 1.93 bits per heavy atom. The Labute approximate surface area is 166 Å². The van der Waals surface area contributed by atoms with E-state index in [0.717, 1.165) is 16.9 Å². The number of hydrogen-bond acceptors (Lipinski definition) is 5. The third-order valence-electron chi connectivity index (χ3n) is 3.32. The summed E-state index contributed by atoms with van der Waals surface area (Å²) in [7, 11) is 0. The van der Waals surface area contributed by atoms with Gasteiger partial charge in [0.25, 0.3) is 5.91 Å². The first-order valence-corrected chi connectivity index (χ1v) is 10.2. The molecule has 1 unspecified atom stereocenters. The molecule has 142 valence electrons. The van der Waals surface area contributed by atoms with E-state index in [1.165, 1.54) is 11.8 Å². The van der Waals surface area contributed by atoms with Crippen LogP contribution in [0.1, 0.15) is 34.0 Å². The summed E-state index contributed by atoms with van der Waals surface area (Å²) < 4.78 is 0. The number of thioether (sulfide) groups is 1. The molecule has 3 N–H and O–H groups in total. The second-order valence-corrected chi connectivity index (χ2v) is 8.45. The standard InChI is InChI=1S/C20H21NO4S2/c1-20(2,25)11-10-15-8-9-17(27-15)18(22)21-16(19(23)24)13-26-12-14-6-4-3-5-7-14/h3-9,16,25H,12-13H2,1-2H3,(H,21,22)(H,23,24). The number of aliphatic hydroxyl groups is 1. The SMILES string of the molecule is CC(C)(O)C#Cc1ccc(C(=O)NC(CSCc2ccccc2)C(=O)O)s1. The summed E-state index contributed by atoms with van der Waals surface area (Å²) >= 11 is 2.61. The van der Waals surface area contributed by atoms with Gasteiger partial charge in [0.15, 0.2) is 0 Å². The summed E-state index contributed by atoms with van der Waals surface area (Å²) in [5, 5.41) is 21.6. The first-order valence-electron chi connectivity index (χ1n) is 8.25. The lowest BCUT2D eigenvalue weighted by molar-refractivity contribution is -0.138. The Morgan fingerprint density at radius 3 is 2.56 bits per heavy atom. The molecule has 0 saturated carbocycles. The molecule has 2 aromatic rings. The molecular weight excluding hydrogens is 382 g/mol. The molecule has 0 aliphatic carbocycles. The van der Waals surface area contributed by atoms with Crippen LogP contribution in [-0.4, -0.2) is 39.5 Å². The van der Waals surface area contributed by atoms with Crippen LogP contribution in [0.15, 0.2) is 42.5 Å². The lowest BCUT2D eigenvalue weighted by Crippen LogP contribution is -2.42. The maximum atomic E-state index is 12.3. The summed E-state index contributed by atoms with van der Waals surface area (Å²) in [4.78, 5) is 24.8. The van der Waals surface area contributed by atoms with E-state index in [1.54, 1.807) is 26.0 Å². The highest BCUT2D eigenvalue weighted by Crippen LogP contribution is 2.17. The van der Waals surface area contributed by atoms with Crippen LogP contribution in [0.5, 0.6) is 0 Å². The number of carboxylic acid groups (broad SMARTS) is 1. The zero-order valence-corrected chi connectivity index (χ0v) is 16.7. The average molecular weight is 404 g/mol. The van der Waals surface area contributed by atoms with Crippen LogP contribution in [0, 0.1) is 11.8 Å². The van der Waals surface area contributed by atoms with Crippen molar-refractivity contribution >= 4 is 35.0 Å². The van der Waals surface area contributed by atoms with E-state index in [9.17, 15) is 19.8 Å². The van der Waals surface area contributed by atoms with E-state index in [0.29, 0.717) is 15.5 Å². The number of amides is 1. The van der Waals surface area contributed by atoms with Crippen LogP contribution in [0.4, 0.5) is 0 Å². The molecule has 2 rings (SSSR count). The molecule has 1 heterocycles. The molecule has 0 spiro atoms. The van der Waals surface area contributed by atoms with Crippen molar-refractivity contribution < 1.29 is 19.8 Å². The number of carbonyl (C=O) groups excluding carboxylic acids is 1. The van der Waals surface area contributed by atoms with Gasteiger partial charge in [-0.05, 0) is 31.5 Å². The fourth-order valence-electron chi connectivity index (χ4n) is 2.01. The van der Waals surface area contributed by atoms with Crippen LogP contribution in [0.2, 0.25) is 0 Å². The van der Waals surface area contributed by atoms with Gasteiger partial charge in [-0.15, -0.1) is 11.3 Å². The van der Waals surface area contributed by atoms with Gasteiger partial charge < -0.3 is 15.5 Å². The minimum Gasteiger partial charge on any atom is -0.480 e. The predicted octanol–water partition coefficient (Wildman–Crippen LogP) is 2.99. The van der Waals surface area contributed by atoms with Gasteiger partial charge in [0.2, 0.25) is 0 Å². The van der Waals surface area contributed by atoms with Crippen molar-refractivity contribution in [1.82, 2.24) is 5.32 Å². The third-order valence-corrected chi connectivity index (χ3v) is 5.43. The molecule has 1 atom stereocenters.